The van der Waals surface area contributed by atoms with E-state index in [0.29, 0.717) is 6.42 Å². The number of benzene rings is 1. The molecule has 1 N–H and O–H groups in total. The summed E-state index contributed by atoms with van der Waals surface area (Å²) >= 11 is 1.34. The van der Waals surface area contributed by atoms with Gasteiger partial charge in [0.25, 0.3) is 0 Å². The molecular weight excluding hydrogens is 239 g/mol. The van der Waals surface area contributed by atoms with Crippen molar-refractivity contribution in [3.05, 3.63) is 35.4 Å². The molecule has 0 fully saturated rings. The van der Waals surface area contributed by atoms with Gasteiger partial charge in [0, 0.05) is 0 Å². The van der Waals surface area contributed by atoms with Crippen LogP contribution in [0.4, 0.5) is 0 Å². The first-order chi connectivity index (χ1) is 6.62. The maximum atomic E-state index is 11.1. The van der Waals surface area contributed by atoms with Crippen LogP contribution in [-0.2, 0) is 17.6 Å². The summed E-state index contributed by atoms with van der Waals surface area (Å²) in [6.45, 7) is 0. The average molecular weight is 252 g/mol. The van der Waals surface area contributed by atoms with Gasteiger partial charge in [-0.05, 0) is 0 Å². The first-order valence-electron chi connectivity index (χ1n) is 4.71. The van der Waals surface area contributed by atoms with Crippen molar-refractivity contribution in [2.45, 2.75) is 23.5 Å². The summed E-state index contributed by atoms with van der Waals surface area (Å²) < 4.78 is -0.499. The van der Waals surface area contributed by atoms with E-state index in [1.807, 2.05) is 18.2 Å². The Morgan fingerprint density at radius 2 is 2.00 bits per heavy atom. The second-order valence-corrected chi connectivity index (χ2v) is 6.23. The number of carboxylic acids is 1. The van der Waals surface area contributed by atoms with Gasteiger partial charge in [0.05, 0.1) is 0 Å². The summed E-state index contributed by atoms with van der Waals surface area (Å²) in [4.78, 5) is 11.1. The topological polar surface area (TPSA) is 37.3 Å². The van der Waals surface area contributed by atoms with E-state index in [0.717, 1.165) is 12.8 Å². The Bertz CT molecular complexity index is 375. The van der Waals surface area contributed by atoms with Crippen molar-refractivity contribution in [1.82, 2.24) is 0 Å². The number of rotatable bonds is 1. The zero-order chi connectivity index (χ0) is 10.2. The average Bonchev–Trinajstić information content (AvgIpc) is 2.17. The van der Waals surface area contributed by atoms with Crippen LogP contribution in [0.25, 0.3) is 0 Å². The molecule has 2 rings (SSSR count). The van der Waals surface area contributed by atoms with Crippen LogP contribution < -0.4 is 0 Å². The fourth-order valence-electron chi connectivity index (χ4n) is 1.94. The van der Waals surface area contributed by atoms with Crippen molar-refractivity contribution in [3.63, 3.8) is 0 Å². The van der Waals surface area contributed by atoms with E-state index in [9.17, 15) is 4.79 Å². The predicted molar refractivity (Wildman–Crippen MR) is 57.3 cm³/mol. The molecule has 1 aliphatic carbocycles. The Labute approximate surface area is 91.8 Å². The molecule has 2 nitrogen and oxygen atoms in total. The summed E-state index contributed by atoms with van der Waals surface area (Å²) in [5.41, 5.74) is 2.53. The molecule has 74 valence electrons. The van der Waals surface area contributed by atoms with Crippen LogP contribution in [0.3, 0.4) is 0 Å². The third kappa shape index (κ3) is 1.59. The third-order valence-corrected chi connectivity index (χ3v) is 4.44. The molecular formula is C11H13AsO2. The van der Waals surface area contributed by atoms with Crippen molar-refractivity contribution in [3.8, 4) is 0 Å². The number of hydrogen-bond acceptors (Lipinski definition) is 1. The zero-order valence-corrected chi connectivity index (χ0v) is 10.3. The monoisotopic (exact) mass is 252 g/mol. The molecule has 0 amide bonds. The summed E-state index contributed by atoms with van der Waals surface area (Å²) in [7, 11) is 0. The SMILES string of the molecule is O=C(O)C1([AsH2])CCc2ccccc2C1. The minimum absolute atomic E-state index is 0.499. The molecule has 0 saturated heterocycles. The van der Waals surface area contributed by atoms with Crippen LogP contribution in [0.5, 0.6) is 0 Å². The Morgan fingerprint density at radius 1 is 1.36 bits per heavy atom. The van der Waals surface area contributed by atoms with Gasteiger partial charge in [0.2, 0.25) is 0 Å². The van der Waals surface area contributed by atoms with E-state index >= 15 is 0 Å². The van der Waals surface area contributed by atoms with E-state index in [2.05, 4.69) is 6.07 Å². The van der Waals surface area contributed by atoms with Crippen molar-refractivity contribution in [2.75, 3.05) is 0 Å². The van der Waals surface area contributed by atoms with Gasteiger partial charge in [-0.2, -0.15) is 0 Å². The Balaban J connectivity index is 2.34. The van der Waals surface area contributed by atoms with Crippen LogP contribution >= 0.6 is 0 Å². The maximum absolute atomic E-state index is 11.1. The van der Waals surface area contributed by atoms with E-state index in [4.69, 9.17) is 5.11 Å². The molecule has 1 aromatic rings. The molecule has 0 aliphatic heterocycles. The van der Waals surface area contributed by atoms with Gasteiger partial charge in [0.15, 0.2) is 0 Å². The number of carboxylic acid groups (broad SMARTS) is 1. The Kier molecular flexibility index (Phi) is 2.40. The molecule has 1 aromatic carbocycles. The van der Waals surface area contributed by atoms with E-state index in [-0.39, 0.29) is 0 Å². The molecule has 0 saturated carbocycles. The normalized spacial score (nSPS) is 25.5. The first-order valence-corrected chi connectivity index (χ1v) is 5.92. The summed E-state index contributed by atoms with van der Waals surface area (Å²) in [5, 5.41) is 9.14. The minimum atomic E-state index is -0.646. The summed E-state index contributed by atoms with van der Waals surface area (Å²) in [6.07, 6.45) is 2.37. The van der Waals surface area contributed by atoms with Gasteiger partial charge in [-0.15, -0.1) is 0 Å². The van der Waals surface area contributed by atoms with Crippen molar-refractivity contribution in [1.29, 1.82) is 0 Å². The molecule has 0 spiro atoms. The molecule has 0 radical (unpaired) electrons. The number of aliphatic carboxylic acids is 1. The second kappa shape index (κ2) is 3.43. The Hall–Kier alpha value is -0.752. The van der Waals surface area contributed by atoms with Crippen LogP contribution in [-0.4, -0.2) is 27.9 Å². The Morgan fingerprint density at radius 3 is 2.64 bits per heavy atom. The summed E-state index contributed by atoms with van der Waals surface area (Å²) in [6, 6.07) is 8.16. The van der Waals surface area contributed by atoms with Gasteiger partial charge in [-0.1, -0.05) is 0 Å². The second-order valence-electron chi connectivity index (χ2n) is 3.91. The summed E-state index contributed by atoms with van der Waals surface area (Å²) in [5.74, 6) is -0.646. The van der Waals surface area contributed by atoms with Gasteiger partial charge in [-0.25, -0.2) is 0 Å². The molecule has 2 unspecified atom stereocenters. The van der Waals surface area contributed by atoms with Gasteiger partial charge >= 0.3 is 91.6 Å². The van der Waals surface area contributed by atoms with Crippen LogP contribution in [0.15, 0.2) is 24.3 Å². The standard InChI is InChI=1S/C11H13AsO2/c12-11(10(13)14)6-5-8-3-1-2-4-9(8)7-11/h1-4H,5-7,12H2,(H,13,14). The van der Waals surface area contributed by atoms with Crippen LogP contribution in [0, 0.1) is 0 Å². The molecule has 0 heterocycles. The number of aryl methyl sites for hydroxylation is 1. The van der Waals surface area contributed by atoms with E-state index in [1.54, 1.807) is 0 Å². The fourth-order valence-corrected chi connectivity index (χ4v) is 2.71. The quantitative estimate of drug-likeness (QED) is 0.758. The molecule has 14 heavy (non-hydrogen) atoms. The van der Waals surface area contributed by atoms with E-state index in [1.165, 1.54) is 28.0 Å². The van der Waals surface area contributed by atoms with Crippen LogP contribution in [0.1, 0.15) is 17.5 Å². The predicted octanol–water partition coefficient (Wildman–Crippen LogP) is 1.05. The van der Waals surface area contributed by atoms with Gasteiger partial charge in [0.1, 0.15) is 0 Å². The molecule has 0 bridgehead atoms. The molecule has 2 atom stereocenters. The fraction of sp³-hybridized carbons (Fsp3) is 0.364. The zero-order valence-electron chi connectivity index (χ0n) is 7.86. The number of carbonyl (C=O) groups is 1. The third-order valence-electron chi connectivity index (χ3n) is 2.89. The van der Waals surface area contributed by atoms with Crippen molar-refractivity contribution >= 4 is 22.8 Å². The van der Waals surface area contributed by atoms with Crippen molar-refractivity contribution in [2.24, 2.45) is 0 Å². The number of hydrogen-bond donors (Lipinski definition) is 1. The molecule has 1 aliphatic rings. The van der Waals surface area contributed by atoms with Gasteiger partial charge in [-0.3, -0.25) is 0 Å². The van der Waals surface area contributed by atoms with Gasteiger partial charge < -0.3 is 0 Å². The van der Waals surface area contributed by atoms with E-state index < -0.39 is 10.2 Å². The molecule has 0 aromatic heterocycles. The molecule has 3 heteroatoms. The van der Waals surface area contributed by atoms with Crippen LogP contribution in [0.2, 0.25) is 4.20 Å². The number of fused-ring (bicyclic) bond motifs is 1. The van der Waals surface area contributed by atoms with Crippen molar-refractivity contribution < 1.29 is 9.90 Å². The first kappa shape index (κ1) is 9.79.